The topological polar surface area (TPSA) is 75.7 Å². The molecular weight excluding hydrogens is 328 g/mol. The molecule has 0 heterocycles. The molecule has 0 spiro atoms. The fourth-order valence-corrected chi connectivity index (χ4v) is 2.76. The Hall–Kier alpha value is -2.54. The molecule has 1 N–H and O–H groups in total. The maximum atomic E-state index is 12.5. The molecule has 0 atom stereocenters. The molecule has 1 amide bonds. The van der Waals surface area contributed by atoms with E-state index in [2.05, 4.69) is 5.32 Å². The second kappa shape index (κ2) is 6.92. The van der Waals surface area contributed by atoms with Gasteiger partial charge in [0.05, 0.1) is 24.7 Å². The lowest BCUT2D eigenvalue weighted by Crippen LogP contribution is -2.26. The average Bonchev–Trinajstić information content (AvgIpc) is 2.54. The highest BCUT2D eigenvalue weighted by Crippen LogP contribution is 2.26. The van der Waals surface area contributed by atoms with E-state index in [1.165, 1.54) is 14.2 Å². The van der Waals surface area contributed by atoms with Gasteiger partial charge in [-0.1, -0.05) is 18.2 Å². The van der Waals surface area contributed by atoms with Gasteiger partial charge in [0.25, 0.3) is 5.91 Å². The van der Waals surface area contributed by atoms with Crippen LogP contribution in [0.15, 0.2) is 42.5 Å². The maximum absolute atomic E-state index is 12.5. The molecule has 7 heteroatoms. The third kappa shape index (κ3) is 3.86. The van der Waals surface area contributed by atoms with Crippen LogP contribution in [0.4, 0.5) is 11.4 Å². The van der Waals surface area contributed by atoms with Crippen LogP contribution in [0.25, 0.3) is 0 Å². The Labute approximate surface area is 142 Å². The first-order chi connectivity index (χ1) is 11.2. The van der Waals surface area contributed by atoms with E-state index in [0.717, 1.165) is 16.1 Å². The van der Waals surface area contributed by atoms with Gasteiger partial charge in [0.2, 0.25) is 10.0 Å². The van der Waals surface area contributed by atoms with Crippen molar-refractivity contribution in [2.24, 2.45) is 0 Å². The molecule has 0 aliphatic heterocycles. The number of sulfonamides is 1. The summed E-state index contributed by atoms with van der Waals surface area (Å²) in [6.45, 7) is 1.79. The summed E-state index contributed by atoms with van der Waals surface area (Å²) in [5.74, 6) is 0.203. The van der Waals surface area contributed by atoms with E-state index in [4.69, 9.17) is 4.74 Å². The third-order valence-corrected chi connectivity index (χ3v) is 4.85. The number of carbonyl (C=O) groups excluding carboxylic acids is 1. The van der Waals surface area contributed by atoms with Crippen LogP contribution in [0.3, 0.4) is 0 Å². The van der Waals surface area contributed by atoms with Crippen LogP contribution in [0.1, 0.15) is 15.9 Å². The number of rotatable bonds is 5. The maximum Gasteiger partial charge on any atom is 0.255 e. The Bertz CT molecular complexity index is 863. The van der Waals surface area contributed by atoms with Crippen LogP contribution < -0.4 is 14.4 Å². The highest BCUT2D eigenvalue weighted by atomic mass is 32.2. The molecule has 24 heavy (non-hydrogen) atoms. The van der Waals surface area contributed by atoms with Gasteiger partial charge in [0.15, 0.2) is 0 Å². The van der Waals surface area contributed by atoms with Crippen molar-refractivity contribution in [2.45, 2.75) is 6.92 Å². The minimum atomic E-state index is -3.41. The second-order valence-electron chi connectivity index (χ2n) is 5.39. The normalized spacial score (nSPS) is 11.0. The molecule has 0 unspecified atom stereocenters. The Kier molecular flexibility index (Phi) is 5.14. The van der Waals surface area contributed by atoms with Gasteiger partial charge in [0, 0.05) is 12.6 Å². The van der Waals surface area contributed by atoms with E-state index < -0.39 is 10.0 Å². The number of nitrogens with zero attached hydrogens (tertiary/aromatic N) is 1. The van der Waals surface area contributed by atoms with Crippen molar-refractivity contribution in [3.05, 3.63) is 53.6 Å². The van der Waals surface area contributed by atoms with Crippen LogP contribution in [0.5, 0.6) is 5.75 Å². The molecule has 2 aromatic carbocycles. The SMILES string of the molecule is COc1ccccc1NC(=O)c1ccc(C)c(N(C)S(C)(=O)=O)c1. The van der Waals surface area contributed by atoms with Crippen molar-refractivity contribution in [1.29, 1.82) is 0 Å². The molecule has 0 saturated carbocycles. The molecule has 2 rings (SSSR count). The van der Waals surface area contributed by atoms with Gasteiger partial charge in [-0.3, -0.25) is 9.10 Å². The van der Waals surface area contributed by atoms with Crippen molar-refractivity contribution in [2.75, 3.05) is 30.0 Å². The molecule has 0 fully saturated rings. The van der Waals surface area contributed by atoms with Crippen molar-refractivity contribution in [3.8, 4) is 5.75 Å². The van der Waals surface area contributed by atoms with Crippen molar-refractivity contribution < 1.29 is 17.9 Å². The van der Waals surface area contributed by atoms with E-state index in [1.807, 2.05) is 0 Å². The Balaban J connectivity index is 2.34. The zero-order valence-corrected chi connectivity index (χ0v) is 14.8. The number of amides is 1. The lowest BCUT2D eigenvalue weighted by atomic mass is 10.1. The molecule has 0 radical (unpaired) electrons. The molecule has 2 aromatic rings. The summed E-state index contributed by atoms with van der Waals surface area (Å²) in [4.78, 5) is 12.5. The monoisotopic (exact) mass is 348 g/mol. The summed E-state index contributed by atoms with van der Waals surface area (Å²) in [6.07, 6.45) is 1.12. The number of hydrogen-bond donors (Lipinski definition) is 1. The molecular formula is C17H20N2O4S. The first-order valence-corrected chi connectivity index (χ1v) is 9.08. The largest absolute Gasteiger partial charge is 0.495 e. The number of methoxy groups -OCH3 is 1. The van der Waals surface area contributed by atoms with Crippen LogP contribution in [-0.4, -0.2) is 34.7 Å². The number of hydrogen-bond acceptors (Lipinski definition) is 4. The van der Waals surface area contributed by atoms with Gasteiger partial charge >= 0.3 is 0 Å². The fraction of sp³-hybridized carbons (Fsp3) is 0.235. The van der Waals surface area contributed by atoms with E-state index in [-0.39, 0.29) is 5.91 Å². The van der Waals surface area contributed by atoms with Gasteiger partial charge in [0.1, 0.15) is 5.75 Å². The van der Waals surface area contributed by atoms with Gasteiger partial charge in [-0.25, -0.2) is 8.42 Å². The lowest BCUT2D eigenvalue weighted by molar-refractivity contribution is 0.102. The fourth-order valence-electron chi connectivity index (χ4n) is 2.21. The highest BCUT2D eigenvalue weighted by molar-refractivity contribution is 7.92. The quantitative estimate of drug-likeness (QED) is 0.901. The number of anilines is 2. The summed E-state index contributed by atoms with van der Waals surface area (Å²) < 4.78 is 29.9. The number of carbonyl (C=O) groups is 1. The predicted octanol–water partition coefficient (Wildman–Crippen LogP) is 2.65. The summed E-state index contributed by atoms with van der Waals surface area (Å²) in [7, 11) is -0.427. The Morgan fingerprint density at radius 2 is 1.83 bits per heavy atom. The summed E-state index contributed by atoms with van der Waals surface area (Å²) >= 11 is 0. The van der Waals surface area contributed by atoms with Crippen LogP contribution in [-0.2, 0) is 10.0 Å². The zero-order valence-electron chi connectivity index (χ0n) is 14.0. The van der Waals surface area contributed by atoms with E-state index in [0.29, 0.717) is 22.7 Å². The standard InChI is InChI=1S/C17H20N2O4S/c1-12-9-10-13(11-15(12)19(2)24(4,21)22)17(20)18-14-7-5-6-8-16(14)23-3/h5-11H,1-4H3,(H,18,20). The van der Waals surface area contributed by atoms with Crippen molar-refractivity contribution >= 4 is 27.3 Å². The minimum Gasteiger partial charge on any atom is -0.495 e. The molecule has 6 nitrogen and oxygen atoms in total. The van der Waals surface area contributed by atoms with Crippen LogP contribution in [0, 0.1) is 6.92 Å². The second-order valence-corrected chi connectivity index (χ2v) is 7.40. The summed E-state index contributed by atoms with van der Waals surface area (Å²) in [5, 5.41) is 2.77. The van der Waals surface area contributed by atoms with Crippen LogP contribution >= 0.6 is 0 Å². The van der Waals surface area contributed by atoms with Gasteiger partial charge < -0.3 is 10.1 Å². The average molecular weight is 348 g/mol. The smallest absolute Gasteiger partial charge is 0.255 e. The van der Waals surface area contributed by atoms with E-state index >= 15 is 0 Å². The summed E-state index contributed by atoms with van der Waals surface area (Å²) in [6, 6.07) is 12.0. The predicted molar refractivity (Wildman–Crippen MR) is 95.4 cm³/mol. The minimum absolute atomic E-state index is 0.345. The molecule has 0 aliphatic rings. The van der Waals surface area contributed by atoms with Gasteiger partial charge in [-0.15, -0.1) is 0 Å². The first-order valence-electron chi connectivity index (χ1n) is 7.23. The highest BCUT2D eigenvalue weighted by Gasteiger charge is 2.17. The van der Waals surface area contributed by atoms with Gasteiger partial charge in [-0.05, 0) is 36.8 Å². The Morgan fingerprint density at radius 3 is 2.46 bits per heavy atom. The van der Waals surface area contributed by atoms with Gasteiger partial charge in [-0.2, -0.15) is 0 Å². The molecule has 0 aliphatic carbocycles. The first kappa shape index (κ1) is 17.8. The van der Waals surface area contributed by atoms with Crippen molar-refractivity contribution in [3.63, 3.8) is 0 Å². The molecule has 0 saturated heterocycles. The number of nitrogens with one attached hydrogen (secondary N) is 1. The van der Waals surface area contributed by atoms with E-state index in [1.54, 1.807) is 49.4 Å². The van der Waals surface area contributed by atoms with E-state index in [9.17, 15) is 13.2 Å². The summed E-state index contributed by atoms with van der Waals surface area (Å²) in [5.41, 5.74) is 2.13. The number of para-hydroxylation sites is 2. The molecule has 128 valence electrons. The molecule has 0 aromatic heterocycles. The number of benzene rings is 2. The number of aryl methyl sites for hydroxylation is 1. The molecule has 0 bridgehead atoms. The Morgan fingerprint density at radius 1 is 1.17 bits per heavy atom. The number of ether oxygens (including phenoxy) is 1. The third-order valence-electron chi connectivity index (χ3n) is 3.66. The van der Waals surface area contributed by atoms with Crippen LogP contribution in [0.2, 0.25) is 0 Å². The van der Waals surface area contributed by atoms with Crippen molar-refractivity contribution in [1.82, 2.24) is 0 Å². The zero-order chi connectivity index (χ0) is 17.9. The lowest BCUT2D eigenvalue weighted by Gasteiger charge is -2.20.